The molecule has 0 atom stereocenters. The predicted molar refractivity (Wildman–Crippen MR) is 60.5 cm³/mol. The highest BCUT2D eigenvalue weighted by atomic mass is 32.3. The summed E-state index contributed by atoms with van der Waals surface area (Å²) in [7, 11) is -5.32. The van der Waals surface area contributed by atoms with Gasteiger partial charge in [-0.15, -0.1) is 4.13 Å². The molecule has 1 rings (SSSR count). The van der Waals surface area contributed by atoms with Crippen molar-refractivity contribution in [3.63, 3.8) is 0 Å². The Morgan fingerprint density at radius 3 is 2.18 bits per heavy atom. The fourth-order valence-corrected chi connectivity index (χ4v) is 2.30. The number of hydrogen-bond acceptors (Lipinski definition) is 3. The molecule has 0 saturated heterocycles. The van der Waals surface area contributed by atoms with Gasteiger partial charge in [0.2, 0.25) is 0 Å². The molecule has 1 aromatic carbocycles. The van der Waals surface area contributed by atoms with Gasteiger partial charge in [0.05, 0.1) is 0 Å². The molecule has 0 unspecified atom stereocenters. The Morgan fingerprint density at radius 1 is 1.24 bits per heavy atom. The van der Waals surface area contributed by atoms with Gasteiger partial charge < -0.3 is 0 Å². The Balaban J connectivity index is 2.71. The molecule has 0 spiro atoms. The number of benzene rings is 1. The molecule has 0 saturated carbocycles. The van der Waals surface area contributed by atoms with Crippen LogP contribution in [0.15, 0.2) is 35.7 Å². The lowest BCUT2D eigenvalue weighted by Crippen LogP contribution is -2.32. The maximum Gasteiger partial charge on any atom is 0.512 e. The van der Waals surface area contributed by atoms with Crippen molar-refractivity contribution in [1.82, 2.24) is 4.13 Å². The van der Waals surface area contributed by atoms with Crippen molar-refractivity contribution in [2.24, 2.45) is 0 Å². The summed E-state index contributed by atoms with van der Waals surface area (Å²) in [6.45, 7) is 3.51. The second-order valence-corrected chi connectivity index (χ2v) is 5.72. The lowest BCUT2D eigenvalue weighted by atomic mass is 10.2. The van der Waals surface area contributed by atoms with Crippen molar-refractivity contribution in [2.45, 2.75) is 10.4 Å². The fourth-order valence-electron chi connectivity index (χ4n) is 0.822. The number of alkyl halides is 3. The van der Waals surface area contributed by atoms with E-state index in [2.05, 4.69) is 6.58 Å². The number of hydrogen-bond donors (Lipinski definition) is 1. The average Bonchev–Trinajstić information content (AvgIpc) is 2.25. The molecular weight excluding hydrogens is 275 g/mol. The third kappa shape index (κ3) is 3.76. The van der Waals surface area contributed by atoms with Crippen LogP contribution in [-0.2, 0) is 10.0 Å². The van der Waals surface area contributed by atoms with Crippen LogP contribution in [0.4, 0.5) is 13.2 Å². The molecule has 0 aliphatic carbocycles. The van der Waals surface area contributed by atoms with Crippen LogP contribution in [0.1, 0.15) is 5.56 Å². The highest BCUT2D eigenvalue weighted by molar-refractivity contribution is 8.09. The highest BCUT2D eigenvalue weighted by Crippen LogP contribution is 2.25. The van der Waals surface area contributed by atoms with Crippen LogP contribution in [0.25, 0.3) is 6.08 Å². The molecule has 0 bridgehead atoms. The van der Waals surface area contributed by atoms with Gasteiger partial charge in [0, 0.05) is 4.90 Å². The van der Waals surface area contributed by atoms with Crippen LogP contribution >= 0.6 is 11.9 Å². The van der Waals surface area contributed by atoms with Crippen molar-refractivity contribution in [3.05, 3.63) is 36.4 Å². The topological polar surface area (TPSA) is 46.2 Å². The Morgan fingerprint density at radius 2 is 1.76 bits per heavy atom. The van der Waals surface area contributed by atoms with Crippen molar-refractivity contribution in [3.8, 4) is 0 Å². The van der Waals surface area contributed by atoms with Crippen molar-refractivity contribution < 1.29 is 21.6 Å². The smallest absolute Gasteiger partial charge is 0.202 e. The van der Waals surface area contributed by atoms with E-state index in [1.54, 1.807) is 18.2 Å². The van der Waals surface area contributed by atoms with E-state index in [1.807, 2.05) is 0 Å². The SMILES string of the molecule is C=Cc1ccc(SNS(=O)(=O)C(F)(F)F)cc1. The molecule has 0 aliphatic rings. The van der Waals surface area contributed by atoms with Gasteiger partial charge >= 0.3 is 15.5 Å². The van der Waals surface area contributed by atoms with E-state index < -0.39 is 15.5 Å². The molecule has 17 heavy (non-hydrogen) atoms. The summed E-state index contributed by atoms with van der Waals surface area (Å²) >= 11 is 0.381. The summed E-state index contributed by atoms with van der Waals surface area (Å²) in [4.78, 5) is 0.350. The zero-order valence-corrected chi connectivity index (χ0v) is 9.99. The third-order valence-corrected chi connectivity index (χ3v) is 4.02. The molecule has 3 nitrogen and oxygen atoms in total. The lowest BCUT2D eigenvalue weighted by molar-refractivity contribution is -0.0440. The van der Waals surface area contributed by atoms with Gasteiger partial charge in [-0.3, -0.25) is 0 Å². The Bertz CT molecular complexity index is 494. The van der Waals surface area contributed by atoms with Crippen molar-refractivity contribution in [2.75, 3.05) is 0 Å². The zero-order valence-electron chi connectivity index (χ0n) is 8.36. The van der Waals surface area contributed by atoms with E-state index in [0.29, 0.717) is 16.8 Å². The maximum atomic E-state index is 12.0. The summed E-state index contributed by atoms with van der Waals surface area (Å²) < 4.78 is 58.7. The lowest BCUT2D eigenvalue weighted by Gasteiger charge is -2.08. The highest BCUT2D eigenvalue weighted by Gasteiger charge is 2.45. The van der Waals surface area contributed by atoms with Gasteiger partial charge in [-0.05, 0) is 29.6 Å². The summed E-state index contributed by atoms with van der Waals surface area (Å²) in [6, 6.07) is 6.19. The van der Waals surface area contributed by atoms with E-state index in [1.165, 1.54) is 16.3 Å². The van der Waals surface area contributed by atoms with Gasteiger partial charge in [0.25, 0.3) is 0 Å². The Labute approximate surface area is 101 Å². The predicted octanol–water partition coefficient (Wildman–Crippen LogP) is 2.78. The Kier molecular flexibility index (Phi) is 4.23. The molecule has 1 N–H and O–H groups in total. The summed E-state index contributed by atoms with van der Waals surface area (Å²) in [6.07, 6.45) is 1.56. The van der Waals surface area contributed by atoms with Gasteiger partial charge in [-0.25, -0.2) is 8.42 Å². The van der Waals surface area contributed by atoms with E-state index in [0.717, 1.165) is 5.56 Å². The quantitative estimate of drug-likeness (QED) is 0.864. The van der Waals surface area contributed by atoms with Crippen LogP contribution in [-0.4, -0.2) is 13.9 Å². The standard InChI is InChI=1S/C9H8F3NO2S2/c1-2-7-3-5-8(6-4-7)16-13-17(14,15)9(10,11)12/h2-6,13H,1H2. The second kappa shape index (κ2) is 5.11. The van der Waals surface area contributed by atoms with Crippen LogP contribution in [0, 0.1) is 0 Å². The third-order valence-electron chi connectivity index (χ3n) is 1.69. The first kappa shape index (κ1) is 14.1. The van der Waals surface area contributed by atoms with E-state index in [9.17, 15) is 21.6 Å². The van der Waals surface area contributed by atoms with Crippen LogP contribution < -0.4 is 4.13 Å². The fraction of sp³-hybridized carbons (Fsp3) is 0.111. The first-order valence-corrected chi connectivity index (χ1v) is 6.53. The summed E-state index contributed by atoms with van der Waals surface area (Å²) in [5.74, 6) is 0. The van der Waals surface area contributed by atoms with E-state index >= 15 is 0 Å². The van der Waals surface area contributed by atoms with Gasteiger partial charge in [-0.2, -0.15) is 13.2 Å². The molecule has 0 amide bonds. The number of halogens is 3. The second-order valence-electron chi connectivity index (χ2n) is 2.91. The molecular formula is C9H8F3NO2S2. The first-order chi connectivity index (χ1) is 7.76. The van der Waals surface area contributed by atoms with Gasteiger partial charge in [0.15, 0.2) is 0 Å². The molecule has 0 fully saturated rings. The van der Waals surface area contributed by atoms with Crippen molar-refractivity contribution in [1.29, 1.82) is 0 Å². The zero-order chi connectivity index (χ0) is 13.1. The Hall–Kier alpha value is -0.990. The molecule has 0 aromatic heterocycles. The monoisotopic (exact) mass is 283 g/mol. The van der Waals surface area contributed by atoms with Crippen molar-refractivity contribution >= 4 is 28.0 Å². The normalized spacial score (nSPS) is 12.4. The van der Waals surface area contributed by atoms with Crippen LogP contribution in [0.3, 0.4) is 0 Å². The average molecular weight is 283 g/mol. The van der Waals surface area contributed by atoms with Crippen LogP contribution in [0.2, 0.25) is 0 Å². The minimum Gasteiger partial charge on any atom is -0.202 e. The molecule has 8 heteroatoms. The maximum absolute atomic E-state index is 12.0. The molecule has 94 valence electrons. The largest absolute Gasteiger partial charge is 0.512 e. The number of nitrogens with one attached hydrogen (secondary N) is 1. The van der Waals surface area contributed by atoms with Gasteiger partial charge in [-0.1, -0.05) is 24.8 Å². The minimum absolute atomic E-state index is 0.350. The summed E-state index contributed by atoms with van der Waals surface area (Å²) in [5.41, 5.74) is -4.52. The summed E-state index contributed by atoms with van der Waals surface area (Å²) in [5, 5.41) is 0. The molecule has 0 radical (unpaired) electrons. The first-order valence-electron chi connectivity index (χ1n) is 4.24. The van der Waals surface area contributed by atoms with Gasteiger partial charge in [0.1, 0.15) is 0 Å². The van der Waals surface area contributed by atoms with Crippen LogP contribution in [0.5, 0.6) is 0 Å². The van der Waals surface area contributed by atoms with E-state index in [-0.39, 0.29) is 0 Å². The molecule has 1 aromatic rings. The molecule has 0 heterocycles. The molecule has 0 aliphatic heterocycles. The number of rotatable bonds is 4. The van der Waals surface area contributed by atoms with E-state index in [4.69, 9.17) is 0 Å². The number of sulfonamides is 1. The minimum atomic E-state index is -5.32.